The summed E-state index contributed by atoms with van der Waals surface area (Å²) in [4.78, 5) is 11.3. The molecule has 0 saturated carbocycles. The highest BCUT2D eigenvalue weighted by Crippen LogP contribution is 2.21. The van der Waals surface area contributed by atoms with Crippen molar-refractivity contribution in [1.29, 1.82) is 0 Å². The molecule has 3 N–H and O–H groups in total. The van der Waals surface area contributed by atoms with Crippen LogP contribution < -0.4 is 11.1 Å². The lowest BCUT2D eigenvalue weighted by Gasteiger charge is -2.09. The van der Waals surface area contributed by atoms with E-state index in [2.05, 4.69) is 21.5 Å². The number of nitrogens with two attached hydrogens (primary N) is 1. The molecule has 0 bridgehead atoms. The Balaban J connectivity index is 2.08. The predicted octanol–water partition coefficient (Wildman–Crippen LogP) is 2.73. The Morgan fingerprint density at radius 2 is 2.28 bits per heavy atom. The fourth-order valence-electron chi connectivity index (χ4n) is 1.56. The summed E-state index contributed by atoms with van der Waals surface area (Å²) in [7, 11) is 1.35. The molecule has 0 radical (unpaired) electrons. The van der Waals surface area contributed by atoms with E-state index in [4.69, 9.17) is 5.73 Å². The molecule has 0 unspecified atom stereocenters. The van der Waals surface area contributed by atoms with E-state index in [1.54, 1.807) is 29.5 Å². The van der Waals surface area contributed by atoms with Crippen molar-refractivity contribution in [1.82, 2.24) is 0 Å². The van der Waals surface area contributed by atoms with E-state index in [0.29, 0.717) is 17.8 Å². The van der Waals surface area contributed by atoms with Gasteiger partial charge < -0.3 is 15.8 Å². The van der Waals surface area contributed by atoms with E-state index in [-0.39, 0.29) is 5.97 Å². The minimum atomic E-state index is -0.383. The third kappa shape index (κ3) is 2.81. The number of methoxy groups -OCH3 is 1. The molecule has 0 saturated heterocycles. The second kappa shape index (κ2) is 5.55. The lowest BCUT2D eigenvalue weighted by Crippen LogP contribution is -2.05. The Morgan fingerprint density at radius 3 is 2.89 bits per heavy atom. The molecular formula is C13H14N2O2S. The van der Waals surface area contributed by atoms with Gasteiger partial charge in [-0.1, -0.05) is 0 Å². The van der Waals surface area contributed by atoms with Crippen LogP contribution in [0.1, 0.15) is 15.9 Å². The lowest BCUT2D eigenvalue weighted by molar-refractivity contribution is 0.0601. The fourth-order valence-corrected chi connectivity index (χ4v) is 2.23. The Kier molecular flexibility index (Phi) is 3.84. The van der Waals surface area contributed by atoms with Gasteiger partial charge in [0, 0.05) is 6.54 Å². The fraction of sp³-hybridized carbons (Fsp3) is 0.154. The summed E-state index contributed by atoms with van der Waals surface area (Å²) in [6, 6.07) is 7.14. The number of rotatable bonds is 4. The average Bonchev–Trinajstić information content (AvgIpc) is 2.89. The summed E-state index contributed by atoms with van der Waals surface area (Å²) >= 11 is 1.66. The molecule has 0 amide bonds. The second-order valence-electron chi connectivity index (χ2n) is 3.78. The first-order valence-electron chi connectivity index (χ1n) is 5.43. The number of esters is 1. The zero-order chi connectivity index (χ0) is 13.0. The van der Waals surface area contributed by atoms with Gasteiger partial charge in [0.1, 0.15) is 0 Å². The van der Waals surface area contributed by atoms with Crippen molar-refractivity contribution in [3.63, 3.8) is 0 Å². The molecule has 1 aromatic heterocycles. The Labute approximate surface area is 109 Å². The highest BCUT2D eigenvalue weighted by atomic mass is 32.1. The van der Waals surface area contributed by atoms with E-state index in [9.17, 15) is 4.79 Å². The highest BCUT2D eigenvalue weighted by molar-refractivity contribution is 7.07. The molecule has 0 spiro atoms. The monoisotopic (exact) mass is 262 g/mol. The van der Waals surface area contributed by atoms with Crippen LogP contribution in [-0.4, -0.2) is 13.1 Å². The molecule has 4 nitrogen and oxygen atoms in total. The first-order valence-corrected chi connectivity index (χ1v) is 6.38. The largest absolute Gasteiger partial charge is 0.465 e. The SMILES string of the molecule is COC(=O)c1ccc(NCc2ccsc2)c(N)c1. The van der Waals surface area contributed by atoms with E-state index in [1.807, 2.05) is 5.38 Å². The van der Waals surface area contributed by atoms with Crippen LogP contribution in [0, 0.1) is 0 Å². The van der Waals surface area contributed by atoms with Gasteiger partial charge in [0.2, 0.25) is 0 Å². The Hall–Kier alpha value is -2.01. The zero-order valence-electron chi connectivity index (χ0n) is 9.97. The van der Waals surface area contributed by atoms with Gasteiger partial charge in [-0.2, -0.15) is 11.3 Å². The van der Waals surface area contributed by atoms with Crippen LogP contribution in [0.5, 0.6) is 0 Å². The van der Waals surface area contributed by atoms with E-state index >= 15 is 0 Å². The van der Waals surface area contributed by atoms with Crippen LogP contribution in [0.4, 0.5) is 11.4 Å². The minimum absolute atomic E-state index is 0.383. The third-order valence-corrected chi connectivity index (χ3v) is 3.27. The number of hydrogen-bond acceptors (Lipinski definition) is 5. The molecule has 0 aliphatic rings. The number of thiophene rings is 1. The van der Waals surface area contributed by atoms with Crippen LogP contribution in [-0.2, 0) is 11.3 Å². The average molecular weight is 262 g/mol. The summed E-state index contributed by atoms with van der Waals surface area (Å²) in [6.45, 7) is 0.714. The molecule has 0 aliphatic heterocycles. The first kappa shape index (κ1) is 12.4. The van der Waals surface area contributed by atoms with Crippen molar-refractivity contribution >= 4 is 28.7 Å². The van der Waals surface area contributed by atoms with Gasteiger partial charge in [-0.25, -0.2) is 4.79 Å². The van der Waals surface area contributed by atoms with Gasteiger partial charge >= 0.3 is 5.97 Å². The molecule has 18 heavy (non-hydrogen) atoms. The van der Waals surface area contributed by atoms with Crippen LogP contribution in [0.15, 0.2) is 35.0 Å². The van der Waals surface area contributed by atoms with Gasteiger partial charge in [0.05, 0.1) is 24.0 Å². The number of nitrogens with one attached hydrogen (secondary N) is 1. The van der Waals surface area contributed by atoms with Gasteiger partial charge in [-0.3, -0.25) is 0 Å². The van der Waals surface area contributed by atoms with Crippen molar-refractivity contribution in [2.24, 2.45) is 0 Å². The van der Waals surface area contributed by atoms with Crippen molar-refractivity contribution in [2.45, 2.75) is 6.54 Å². The number of carbonyl (C=O) groups excluding carboxylic acids is 1. The molecule has 0 fully saturated rings. The standard InChI is InChI=1S/C13H14N2O2S/c1-17-13(16)10-2-3-12(11(14)6-10)15-7-9-4-5-18-8-9/h2-6,8,15H,7,14H2,1H3. The molecular weight excluding hydrogens is 248 g/mol. The summed E-state index contributed by atoms with van der Waals surface area (Å²) in [5.74, 6) is -0.383. The number of anilines is 2. The van der Waals surface area contributed by atoms with Crippen LogP contribution >= 0.6 is 11.3 Å². The van der Waals surface area contributed by atoms with E-state index < -0.39 is 0 Å². The lowest BCUT2D eigenvalue weighted by atomic mass is 10.1. The number of carbonyl (C=O) groups is 1. The smallest absolute Gasteiger partial charge is 0.337 e. The second-order valence-corrected chi connectivity index (χ2v) is 4.56. The third-order valence-electron chi connectivity index (χ3n) is 2.54. The molecule has 1 heterocycles. The quantitative estimate of drug-likeness (QED) is 0.657. The van der Waals surface area contributed by atoms with Crippen LogP contribution in [0.3, 0.4) is 0 Å². The van der Waals surface area contributed by atoms with Crippen molar-refractivity contribution in [3.8, 4) is 0 Å². The molecule has 2 rings (SSSR count). The normalized spacial score (nSPS) is 10.1. The number of hydrogen-bond donors (Lipinski definition) is 2. The molecule has 94 valence electrons. The van der Waals surface area contributed by atoms with E-state index in [1.165, 1.54) is 12.7 Å². The van der Waals surface area contributed by atoms with Crippen molar-refractivity contribution in [3.05, 3.63) is 46.2 Å². The van der Waals surface area contributed by atoms with Gasteiger partial charge in [-0.15, -0.1) is 0 Å². The summed E-state index contributed by atoms with van der Waals surface area (Å²) < 4.78 is 4.64. The summed E-state index contributed by atoms with van der Waals surface area (Å²) in [5.41, 5.74) is 8.89. The van der Waals surface area contributed by atoms with Gasteiger partial charge in [-0.05, 0) is 40.6 Å². The maximum absolute atomic E-state index is 11.3. The molecule has 2 aromatic rings. The zero-order valence-corrected chi connectivity index (χ0v) is 10.8. The molecule has 1 aromatic carbocycles. The highest BCUT2D eigenvalue weighted by Gasteiger charge is 2.07. The Bertz CT molecular complexity index is 538. The minimum Gasteiger partial charge on any atom is -0.465 e. The number of ether oxygens (including phenoxy) is 1. The maximum atomic E-state index is 11.3. The van der Waals surface area contributed by atoms with Gasteiger partial charge in [0.15, 0.2) is 0 Å². The Morgan fingerprint density at radius 1 is 1.44 bits per heavy atom. The predicted molar refractivity (Wildman–Crippen MR) is 73.8 cm³/mol. The van der Waals surface area contributed by atoms with Crippen molar-refractivity contribution in [2.75, 3.05) is 18.2 Å². The van der Waals surface area contributed by atoms with Crippen LogP contribution in [0.25, 0.3) is 0 Å². The molecule has 0 aliphatic carbocycles. The molecule has 5 heteroatoms. The number of nitrogen functional groups attached to an aromatic ring is 1. The van der Waals surface area contributed by atoms with Crippen LogP contribution in [0.2, 0.25) is 0 Å². The topological polar surface area (TPSA) is 64.3 Å². The summed E-state index contributed by atoms with van der Waals surface area (Å²) in [6.07, 6.45) is 0. The number of benzene rings is 1. The van der Waals surface area contributed by atoms with Gasteiger partial charge in [0.25, 0.3) is 0 Å². The summed E-state index contributed by atoms with van der Waals surface area (Å²) in [5, 5.41) is 7.33. The first-order chi connectivity index (χ1) is 8.70. The maximum Gasteiger partial charge on any atom is 0.337 e. The molecule has 0 atom stereocenters. The van der Waals surface area contributed by atoms with E-state index in [0.717, 1.165) is 5.69 Å². The van der Waals surface area contributed by atoms with Crippen molar-refractivity contribution < 1.29 is 9.53 Å².